The fourth-order valence-corrected chi connectivity index (χ4v) is 3.79. The molecule has 0 saturated carbocycles. The Morgan fingerprint density at radius 1 is 1.39 bits per heavy atom. The fraction of sp³-hybridized carbons (Fsp3) is 0.350. The van der Waals surface area contributed by atoms with Gasteiger partial charge in [-0.2, -0.15) is 0 Å². The lowest BCUT2D eigenvalue weighted by Gasteiger charge is -2.32. The second-order valence-corrected chi connectivity index (χ2v) is 6.91. The summed E-state index contributed by atoms with van der Waals surface area (Å²) in [5, 5.41) is 6.12. The van der Waals surface area contributed by atoms with Crippen molar-refractivity contribution in [3.63, 3.8) is 0 Å². The van der Waals surface area contributed by atoms with Crippen LogP contribution in [0.1, 0.15) is 30.0 Å². The van der Waals surface area contributed by atoms with Gasteiger partial charge in [-0.15, -0.1) is 0 Å². The van der Waals surface area contributed by atoms with E-state index in [1.54, 1.807) is 29.3 Å². The zero-order chi connectivity index (χ0) is 19.7. The Bertz CT molecular complexity index is 920. The minimum atomic E-state index is -0.504. The zero-order valence-electron chi connectivity index (χ0n) is 15.4. The molecule has 146 valence electrons. The number of pyridine rings is 1. The molecule has 2 unspecified atom stereocenters. The number of ether oxygens (including phenoxy) is 1. The number of aromatic nitrogens is 1. The van der Waals surface area contributed by atoms with E-state index in [0.29, 0.717) is 30.1 Å². The number of anilines is 1. The van der Waals surface area contributed by atoms with Gasteiger partial charge in [0.1, 0.15) is 5.82 Å². The number of halogens is 1. The van der Waals surface area contributed by atoms with Crippen LogP contribution >= 0.6 is 0 Å². The topological polar surface area (TPSA) is 83.6 Å². The highest BCUT2D eigenvalue weighted by atomic mass is 19.1. The molecule has 2 atom stereocenters. The highest BCUT2D eigenvalue weighted by Crippen LogP contribution is 2.31. The van der Waals surface area contributed by atoms with Gasteiger partial charge in [-0.3, -0.25) is 14.9 Å². The van der Waals surface area contributed by atoms with Crippen molar-refractivity contribution in [2.75, 3.05) is 18.6 Å². The lowest BCUT2D eigenvalue weighted by atomic mass is 10.0. The first kappa shape index (κ1) is 18.4. The SMILES string of the molecule is COc1cc(C2CC(=O)NC(CC(=O)N3CCc4c(F)cccc43)N2)ccn1. The molecule has 7 nitrogen and oxygen atoms in total. The average molecular weight is 384 g/mol. The van der Waals surface area contributed by atoms with E-state index in [-0.39, 0.29) is 36.5 Å². The number of hydrogen-bond acceptors (Lipinski definition) is 5. The monoisotopic (exact) mass is 384 g/mol. The summed E-state index contributed by atoms with van der Waals surface area (Å²) in [6, 6.07) is 8.11. The van der Waals surface area contributed by atoms with Crippen molar-refractivity contribution >= 4 is 17.5 Å². The molecule has 2 aromatic rings. The summed E-state index contributed by atoms with van der Waals surface area (Å²) in [7, 11) is 1.53. The number of nitrogens with one attached hydrogen (secondary N) is 2. The van der Waals surface area contributed by atoms with Gasteiger partial charge in [-0.05, 0) is 30.2 Å². The first-order valence-corrected chi connectivity index (χ1v) is 9.18. The van der Waals surface area contributed by atoms with E-state index in [1.165, 1.54) is 13.2 Å². The van der Waals surface area contributed by atoms with Crippen LogP contribution in [-0.4, -0.2) is 36.6 Å². The van der Waals surface area contributed by atoms with Gasteiger partial charge in [-0.25, -0.2) is 9.37 Å². The highest BCUT2D eigenvalue weighted by molar-refractivity contribution is 5.96. The predicted molar refractivity (Wildman–Crippen MR) is 100 cm³/mol. The lowest BCUT2D eigenvalue weighted by molar-refractivity contribution is -0.125. The van der Waals surface area contributed by atoms with Crippen LogP contribution in [0.15, 0.2) is 36.5 Å². The van der Waals surface area contributed by atoms with Crippen LogP contribution in [0.2, 0.25) is 0 Å². The number of nitrogens with zero attached hydrogens (tertiary/aromatic N) is 2. The molecule has 0 aliphatic carbocycles. The normalized spacial score (nSPS) is 21.2. The number of fused-ring (bicyclic) bond motifs is 1. The standard InChI is InChI=1S/C20H21FN4O3/c1-28-19-9-12(5-7-22-19)15-10-18(26)24-17(23-15)11-20(27)25-8-6-13-14(21)3-2-4-16(13)25/h2-5,7,9,15,17,23H,6,8,10-11H2,1H3,(H,24,26). The van der Waals surface area contributed by atoms with E-state index in [9.17, 15) is 14.0 Å². The molecule has 0 bridgehead atoms. The Balaban J connectivity index is 1.47. The van der Waals surface area contributed by atoms with Gasteiger partial charge in [0.2, 0.25) is 17.7 Å². The number of hydrogen-bond donors (Lipinski definition) is 2. The maximum absolute atomic E-state index is 13.9. The maximum Gasteiger partial charge on any atom is 0.230 e. The third-order valence-electron chi connectivity index (χ3n) is 5.15. The molecule has 8 heteroatoms. The molecule has 0 radical (unpaired) electrons. The number of rotatable bonds is 4. The quantitative estimate of drug-likeness (QED) is 0.838. The molecular formula is C20H21FN4O3. The van der Waals surface area contributed by atoms with Crippen LogP contribution in [-0.2, 0) is 16.0 Å². The molecule has 28 heavy (non-hydrogen) atoms. The Kier molecular flexibility index (Phi) is 4.95. The summed E-state index contributed by atoms with van der Waals surface area (Å²) < 4.78 is 19.1. The number of carbonyl (C=O) groups excluding carboxylic acids is 2. The van der Waals surface area contributed by atoms with Crippen molar-refractivity contribution in [3.8, 4) is 5.88 Å². The van der Waals surface area contributed by atoms with Crippen LogP contribution in [0.4, 0.5) is 10.1 Å². The molecule has 2 aliphatic rings. The fourth-order valence-electron chi connectivity index (χ4n) is 3.79. The van der Waals surface area contributed by atoms with E-state index < -0.39 is 6.17 Å². The van der Waals surface area contributed by atoms with Gasteiger partial charge in [0, 0.05) is 42.5 Å². The molecule has 1 aromatic carbocycles. The van der Waals surface area contributed by atoms with Crippen LogP contribution in [0.25, 0.3) is 0 Å². The molecular weight excluding hydrogens is 363 g/mol. The predicted octanol–water partition coefficient (Wildman–Crippen LogP) is 1.69. The molecule has 2 amide bonds. The van der Waals surface area contributed by atoms with Gasteiger partial charge >= 0.3 is 0 Å². The molecule has 1 aromatic heterocycles. The van der Waals surface area contributed by atoms with Gasteiger partial charge in [0.05, 0.1) is 19.7 Å². The zero-order valence-corrected chi connectivity index (χ0v) is 15.4. The van der Waals surface area contributed by atoms with E-state index in [4.69, 9.17) is 4.74 Å². The molecule has 1 saturated heterocycles. The van der Waals surface area contributed by atoms with Crippen molar-refractivity contribution in [2.24, 2.45) is 0 Å². The second kappa shape index (κ2) is 7.55. The van der Waals surface area contributed by atoms with Crippen molar-refractivity contribution in [3.05, 3.63) is 53.5 Å². The van der Waals surface area contributed by atoms with Gasteiger partial charge in [0.25, 0.3) is 0 Å². The van der Waals surface area contributed by atoms with Gasteiger partial charge < -0.3 is 15.0 Å². The molecule has 4 rings (SSSR count). The van der Waals surface area contributed by atoms with Crippen molar-refractivity contribution < 1.29 is 18.7 Å². The van der Waals surface area contributed by atoms with Gasteiger partial charge in [-0.1, -0.05) is 6.07 Å². The Hall–Kier alpha value is -3.00. The molecule has 0 spiro atoms. The minimum absolute atomic E-state index is 0.0837. The second-order valence-electron chi connectivity index (χ2n) is 6.91. The van der Waals surface area contributed by atoms with Gasteiger partial charge in [0.15, 0.2) is 0 Å². The molecule has 2 N–H and O–H groups in total. The number of amides is 2. The number of methoxy groups -OCH3 is 1. The first-order valence-electron chi connectivity index (χ1n) is 9.18. The average Bonchev–Trinajstić information content (AvgIpc) is 3.13. The third kappa shape index (κ3) is 3.55. The van der Waals surface area contributed by atoms with Crippen LogP contribution in [0, 0.1) is 5.82 Å². The summed E-state index contributed by atoms with van der Waals surface area (Å²) in [6.07, 6.45) is 1.96. The summed E-state index contributed by atoms with van der Waals surface area (Å²) in [5.74, 6) is -0.113. The molecule has 2 aliphatic heterocycles. The Morgan fingerprint density at radius 3 is 3.07 bits per heavy atom. The van der Waals surface area contributed by atoms with Crippen LogP contribution in [0.3, 0.4) is 0 Å². The van der Waals surface area contributed by atoms with E-state index in [0.717, 1.165) is 5.56 Å². The van der Waals surface area contributed by atoms with Crippen LogP contribution in [0.5, 0.6) is 5.88 Å². The molecule has 3 heterocycles. The van der Waals surface area contributed by atoms with Crippen molar-refractivity contribution in [1.82, 2.24) is 15.6 Å². The number of benzene rings is 1. The maximum atomic E-state index is 13.9. The summed E-state index contributed by atoms with van der Waals surface area (Å²) in [5.41, 5.74) is 2.05. The summed E-state index contributed by atoms with van der Waals surface area (Å²) in [6.45, 7) is 0.445. The van der Waals surface area contributed by atoms with E-state index in [1.807, 2.05) is 6.07 Å². The smallest absolute Gasteiger partial charge is 0.230 e. The van der Waals surface area contributed by atoms with Crippen LogP contribution < -0.4 is 20.3 Å². The summed E-state index contributed by atoms with van der Waals surface area (Å²) >= 11 is 0. The van der Waals surface area contributed by atoms with Crippen molar-refractivity contribution in [1.29, 1.82) is 0 Å². The largest absolute Gasteiger partial charge is 0.481 e. The van der Waals surface area contributed by atoms with E-state index in [2.05, 4.69) is 15.6 Å². The van der Waals surface area contributed by atoms with Crippen molar-refractivity contribution in [2.45, 2.75) is 31.5 Å². The Morgan fingerprint density at radius 2 is 2.25 bits per heavy atom. The lowest BCUT2D eigenvalue weighted by Crippen LogP contribution is -2.54. The van der Waals surface area contributed by atoms with E-state index >= 15 is 0 Å². The highest BCUT2D eigenvalue weighted by Gasteiger charge is 2.32. The minimum Gasteiger partial charge on any atom is -0.481 e. The first-order chi connectivity index (χ1) is 13.5. The summed E-state index contributed by atoms with van der Waals surface area (Å²) in [4.78, 5) is 30.7. The third-order valence-corrected chi connectivity index (χ3v) is 5.15. The Labute approximate surface area is 161 Å². The molecule has 1 fully saturated rings. The number of carbonyl (C=O) groups is 2.